The third kappa shape index (κ3) is 4.54. The molecule has 0 saturated carbocycles. The fourth-order valence-corrected chi connectivity index (χ4v) is 3.98. The SMILES string of the molecule is Cc1cc(-c2ccc3ccn(CC(=O)O)c(=O)c3c2)ccc1O[C@H]1O[C@@H](CO)[C@@H](O)[C@@H](O)[C@@H]1O. The molecule has 5 atom stereocenters. The third-order valence-corrected chi connectivity index (χ3v) is 5.88. The van der Waals surface area contributed by atoms with Gasteiger partial charge in [0.25, 0.3) is 5.56 Å². The highest BCUT2D eigenvalue weighted by Gasteiger charge is 2.44. The highest BCUT2D eigenvalue weighted by Crippen LogP contribution is 2.30. The van der Waals surface area contributed by atoms with Crippen LogP contribution < -0.4 is 10.3 Å². The van der Waals surface area contributed by atoms with Crippen LogP contribution in [-0.2, 0) is 16.1 Å². The van der Waals surface area contributed by atoms with E-state index in [2.05, 4.69) is 0 Å². The largest absolute Gasteiger partial charge is 0.480 e. The number of benzene rings is 2. The van der Waals surface area contributed by atoms with Crippen LogP contribution in [0.2, 0.25) is 0 Å². The van der Waals surface area contributed by atoms with Crippen LogP contribution in [0.3, 0.4) is 0 Å². The lowest BCUT2D eigenvalue weighted by Crippen LogP contribution is -2.60. The molecule has 3 aromatic rings. The summed E-state index contributed by atoms with van der Waals surface area (Å²) in [5.41, 5.74) is 1.78. The first-order chi connectivity index (χ1) is 16.2. The van der Waals surface area contributed by atoms with Crippen molar-refractivity contribution in [3.8, 4) is 16.9 Å². The molecule has 0 radical (unpaired) electrons. The van der Waals surface area contributed by atoms with Gasteiger partial charge in [-0.3, -0.25) is 9.59 Å². The molecule has 0 aliphatic carbocycles. The molecule has 34 heavy (non-hydrogen) atoms. The molecule has 1 aliphatic heterocycles. The molecular formula is C24H25NO9. The minimum atomic E-state index is -1.54. The zero-order valence-corrected chi connectivity index (χ0v) is 18.2. The van der Waals surface area contributed by atoms with Crippen molar-refractivity contribution in [2.75, 3.05) is 6.61 Å². The Balaban J connectivity index is 1.61. The molecule has 0 spiro atoms. The van der Waals surface area contributed by atoms with Crippen molar-refractivity contribution in [2.45, 2.75) is 44.2 Å². The number of carboxylic acid groups (broad SMARTS) is 1. The average molecular weight is 471 g/mol. The van der Waals surface area contributed by atoms with Gasteiger partial charge < -0.3 is 39.6 Å². The van der Waals surface area contributed by atoms with Crippen LogP contribution in [0.1, 0.15) is 5.56 Å². The van der Waals surface area contributed by atoms with Crippen LogP contribution in [0.25, 0.3) is 21.9 Å². The summed E-state index contributed by atoms with van der Waals surface area (Å²) in [6.07, 6.45) is -5.47. The van der Waals surface area contributed by atoms with Gasteiger partial charge in [0.05, 0.1) is 6.61 Å². The molecule has 1 aliphatic rings. The second kappa shape index (κ2) is 9.53. The highest BCUT2D eigenvalue weighted by atomic mass is 16.7. The summed E-state index contributed by atoms with van der Waals surface area (Å²) in [6.45, 7) is 0.782. The first-order valence-electron chi connectivity index (χ1n) is 10.6. The van der Waals surface area contributed by atoms with E-state index in [-0.39, 0.29) is 0 Å². The van der Waals surface area contributed by atoms with E-state index in [4.69, 9.17) is 14.6 Å². The Morgan fingerprint density at radius 2 is 1.74 bits per heavy atom. The van der Waals surface area contributed by atoms with Crippen LogP contribution in [0.5, 0.6) is 5.75 Å². The number of aliphatic carboxylic acids is 1. The topological polar surface area (TPSA) is 159 Å². The molecule has 1 aromatic heterocycles. The van der Waals surface area contributed by atoms with Crippen molar-refractivity contribution in [3.05, 3.63) is 64.6 Å². The summed E-state index contributed by atoms with van der Waals surface area (Å²) in [5, 5.41) is 49.5. The van der Waals surface area contributed by atoms with Crippen LogP contribution >= 0.6 is 0 Å². The van der Waals surface area contributed by atoms with Crippen molar-refractivity contribution in [1.82, 2.24) is 4.57 Å². The minimum absolute atomic E-state index is 0.359. The Morgan fingerprint density at radius 1 is 1.03 bits per heavy atom. The molecule has 0 unspecified atom stereocenters. The molecular weight excluding hydrogens is 446 g/mol. The quantitative estimate of drug-likeness (QED) is 0.339. The number of pyridine rings is 1. The summed E-state index contributed by atoms with van der Waals surface area (Å²) in [7, 11) is 0. The normalized spacial score (nSPS) is 24.8. The summed E-state index contributed by atoms with van der Waals surface area (Å²) in [4.78, 5) is 23.7. The maximum atomic E-state index is 12.7. The molecule has 5 N–H and O–H groups in total. The molecule has 1 saturated heterocycles. The number of fused-ring (bicyclic) bond motifs is 1. The van der Waals surface area contributed by atoms with Gasteiger partial charge in [0.15, 0.2) is 0 Å². The Kier molecular flexibility index (Phi) is 6.69. The smallest absolute Gasteiger partial charge is 0.323 e. The van der Waals surface area contributed by atoms with Gasteiger partial charge in [0.1, 0.15) is 36.7 Å². The van der Waals surface area contributed by atoms with Gasteiger partial charge in [-0.25, -0.2) is 0 Å². The molecule has 2 heterocycles. The van der Waals surface area contributed by atoms with E-state index in [9.17, 15) is 30.0 Å². The summed E-state index contributed by atoms with van der Waals surface area (Å²) >= 11 is 0. The van der Waals surface area contributed by atoms with Gasteiger partial charge in [-0.15, -0.1) is 0 Å². The van der Waals surface area contributed by atoms with Gasteiger partial charge in [0.2, 0.25) is 6.29 Å². The molecule has 2 aromatic carbocycles. The third-order valence-electron chi connectivity index (χ3n) is 5.88. The number of nitrogens with zero attached hydrogens (tertiary/aromatic N) is 1. The second-order valence-electron chi connectivity index (χ2n) is 8.24. The number of aliphatic hydroxyl groups excluding tert-OH is 4. The number of carbonyl (C=O) groups is 1. The van der Waals surface area contributed by atoms with Crippen molar-refractivity contribution in [3.63, 3.8) is 0 Å². The minimum Gasteiger partial charge on any atom is -0.480 e. The molecule has 10 nitrogen and oxygen atoms in total. The standard InChI is InChI=1S/C24H25NO9/c1-12-8-14(4-5-17(12)33-24-22(31)21(30)20(29)18(11-26)34-24)15-3-2-13-6-7-25(10-19(27)28)23(32)16(13)9-15/h2-9,18,20-22,24,26,29-31H,10-11H2,1H3,(H,27,28)/t18-,20+,21+,22-,24-/m0/s1. The van der Waals surface area contributed by atoms with Crippen LogP contribution in [-0.4, -0.2) is 73.4 Å². The van der Waals surface area contributed by atoms with Gasteiger partial charge >= 0.3 is 5.97 Å². The first-order valence-corrected chi connectivity index (χ1v) is 10.6. The van der Waals surface area contributed by atoms with Gasteiger partial charge in [0, 0.05) is 11.6 Å². The van der Waals surface area contributed by atoms with Crippen LogP contribution in [0.4, 0.5) is 0 Å². The number of aliphatic hydroxyl groups is 4. The average Bonchev–Trinajstić information content (AvgIpc) is 2.82. The molecule has 1 fully saturated rings. The Morgan fingerprint density at radius 3 is 2.41 bits per heavy atom. The summed E-state index contributed by atoms with van der Waals surface area (Å²) in [6, 6.07) is 12.2. The number of ether oxygens (including phenoxy) is 2. The number of aromatic nitrogens is 1. The monoisotopic (exact) mass is 471 g/mol. The molecule has 0 bridgehead atoms. The number of rotatable bonds is 6. The van der Waals surface area contributed by atoms with Gasteiger partial charge in [-0.05, 0) is 53.3 Å². The first kappa shape index (κ1) is 23.9. The fraction of sp³-hybridized carbons (Fsp3) is 0.333. The van der Waals surface area contributed by atoms with Crippen LogP contribution in [0.15, 0.2) is 53.5 Å². The maximum absolute atomic E-state index is 12.7. The predicted molar refractivity (Wildman–Crippen MR) is 120 cm³/mol. The van der Waals surface area contributed by atoms with Crippen molar-refractivity contribution in [2.24, 2.45) is 0 Å². The number of hydrogen-bond acceptors (Lipinski definition) is 8. The highest BCUT2D eigenvalue weighted by molar-refractivity contribution is 5.87. The van der Waals surface area contributed by atoms with E-state index in [1.807, 2.05) is 6.07 Å². The second-order valence-corrected chi connectivity index (χ2v) is 8.24. The number of carboxylic acids is 1. The zero-order chi connectivity index (χ0) is 24.6. The predicted octanol–water partition coefficient (Wildman–Crippen LogP) is 0.240. The molecule has 180 valence electrons. The summed E-state index contributed by atoms with van der Waals surface area (Å²) in [5.74, 6) is -0.749. The number of hydrogen-bond donors (Lipinski definition) is 5. The lowest BCUT2D eigenvalue weighted by atomic mass is 9.99. The van der Waals surface area contributed by atoms with Crippen molar-refractivity contribution >= 4 is 16.7 Å². The Bertz CT molecular complexity index is 1270. The number of aryl methyl sites for hydroxylation is 1. The molecule has 4 rings (SSSR count). The zero-order valence-electron chi connectivity index (χ0n) is 18.2. The van der Waals surface area contributed by atoms with Crippen molar-refractivity contribution in [1.29, 1.82) is 0 Å². The summed E-state index contributed by atoms with van der Waals surface area (Å²) < 4.78 is 12.2. The Hall–Kier alpha value is -3.28. The lowest BCUT2D eigenvalue weighted by molar-refractivity contribution is -0.277. The van der Waals surface area contributed by atoms with Crippen molar-refractivity contribution < 1.29 is 39.8 Å². The van der Waals surface area contributed by atoms with Crippen LogP contribution in [0, 0.1) is 6.92 Å². The van der Waals surface area contributed by atoms with E-state index in [0.717, 1.165) is 15.7 Å². The fourth-order valence-electron chi connectivity index (χ4n) is 3.98. The van der Waals surface area contributed by atoms with E-state index < -0.39 is 55.4 Å². The van der Waals surface area contributed by atoms with E-state index in [0.29, 0.717) is 22.1 Å². The Labute approximate surface area is 193 Å². The van der Waals surface area contributed by atoms with E-state index in [1.165, 1.54) is 6.20 Å². The van der Waals surface area contributed by atoms with E-state index in [1.54, 1.807) is 43.3 Å². The van der Waals surface area contributed by atoms with Gasteiger partial charge in [-0.2, -0.15) is 0 Å². The van der Waals surface area contributed by atoms with E-state index >= 15 is 0 Å². The maximum Gasteiger partial charge on any atom is 0.323 e. The van der Waals surface area contributed by atoms with Gasteiger partial charge in [-0.1, -0.05) is 18.2 Å². The molecule has 0 amide bonds. The molecule has 10 heteroatoms. The lowest BCUT2D eigenvalue weighted by Gasteiger charge is -2.39.